The van der Waals surface area contributed by atoms with Crippen LogP contribution in [0.1, 0.15) is 0 Å². The molecule has 0 bridgehead atoms. The summed E-state index contributed by atoms with van der Waals surface area (Å²) in [5.74, 6) is 0.280. The summed E-state index contributed by atoms with van der Waals surface area (Å²) in [7, 11) is -0.719. The zero-order valence-electron chi connectivity index (χ0n) is 11.3. The van der Waals surface area contributed by atoms with Crippen molar-refractivity contribution in [2.75, 3.05) is 0 Å². The van der Waals surface area contributed by atoms with Gasteiger partial charge in [0.1, 0.15) is 5.75 Å². The van der Waals surface area contributed by atoms with E-state index in [2.05, 4.69) is 61.2 Å². The first-order valence-electron chi connectivity index (χ1n) is 6.68. The van der Waals surface area contributed by atoms with Gasteiger partial charge in [0.2, 0.25) is 0 Å². The van der Waals surface area contributed by atoms with Crippen LogP contribution in [-0.4, -0.2) is 5.11 Å². The second kappa shape index (κ2) is 6.34. The maximum atomic E-state index is 9.86. The van der Waals surface area contributed by atoms with Gasteiger partial charge < -0.3 is 5.11 Å². The Morgan fingerprint density at radius 3 is 1.76 bits per heavy atom. The van der Waals surface area contributed by atoms with Crippen LogP contribution in [0.25, 0.3) is 0 Å². The molecule has 104 valence electrons. The monoisotopic (exact) mass is 310 g/mol. The summed E-state index contributed by atoms with van der Waals surface area (Å²) in [6, 6.07) is 26.1. The van der Waals surface area contributed by atoms with Crippen LogP contribution in [0.15, 0.2) is 83.8 Å². The fraction of sp³-hybridized carbons (Fsp3) is 0. The number of phenols is 1. The topological polar surface area (TPSA) is 20.2 Å². The molecule has 21 heavy (non-hydrogen) atoms. The normalized spacial score (nSPS) is 10.8. The Morgan fingerprint density at radius 1 is 0.714 bits per heavy atom. The van der Waals surface area contributed by atoms with Gasteiger partial charge in [-0.25, -0.2) is 0 Å². The average molecular weight is 310 g/mol. The minimum Gasteiger partial charge on any atom is -0.508 e. The minimum absolute atomic E-state index is 0.280. The molecule has 3 heteroatoms. The molecule has 0 fully saturated rings. The van der Waals surface area contributed by atoms with E-state index in [0.29, 0.717) is 0 Å². The summed E-state index contributed by atoms with van der Waals surface area (Å²) >= 11 is 4.59. The molecule has 0 unspecified atom stereocenters. The lowest BCUT2D eigenvalue weighted by atomic mass is 10.3. The van der Waals surface area contributed by atoms with E-state index in [1.165, 1.54) is 10.6 Å². The molecular formula is C18H15OPS. The lowest BCUT2D eigenvalue weighted by Gasteiger charge is -2.21. The quantitative estimate of drug-likeness (QED) is 0.561. The summed E-state index contributed by atoms with van der Waals surface area (Å²) in [5, 5.41) is 13.4. The summed E-state index contributed by atoms with van der Waals surface area (Å²) in [6.45, 7) is 0. The van der Waals surface area contributed by atoms with Crippen LogP contribution in [0.3, 0.4) is 0 Å². The smallest absolute Gasteiger partial charge is 0.116 e. The molecule has 0 aromatic heterocycles. The van der Waals surface area contributed by atoms with Gasteiger partial charge in [-0.2, -0.15) is 0 Å². The van der Waals surface area contributed by atoms with E-state index in [4.69, 9.17) is 0 Å². The molecule has 0 spiro atoms. The molecule has 0 saturated heterocycles. The number of hydrogen-bond acceptors (Lipinski definition) is 2. The maximum Gasteiger partial charge on any atom is 0.116 e. The van der Waals surface area contributed by atoms with Gasteiger partial charge in [-0.15, -0.1) is 12.6 Å². The molecule has 0 aliphatic carbocycles. The third-order valence-electron chi connectivity index (χ3n) is 3.23. The van der Waals surface area contributed by atoms with Gasteiger partial charge in [-0.05, 0) is 36.7 Å². The molecule has 3 aromatic carbocycles. The van der Waals surface area contributed by atoms with E-state index < -0.39 is 7.92 Å². The largest absolute Gasteiger partial charge is 0.508 e. The van der Waals surface area contributed by atoms with Crippen molar-refractivity contribution in [3.05, 3.63) is 78.9 Å². The van der Waals surface area contributed by atoms with E-state index in [1.54, 1.807) is 6.07 Å². The Labute approximate surface area is 131 Å². The second-order valence-corrected chi connectivity index (χ2v) is 7.35. The van der Waals surface area contributed by atoms with Crippen molar-refractivity contribution >= 4 is 36.5 Å². The Morgan fingerprint density at radius 2 is 1.24 bits per heavy atom. The van der Waals surface area contributed by atoms with Crippen molar-refractivity contribution in [3.8, 4) is 5.75 Å². The Kier molecular flexibility index (Phi) is 4.28. The molecule has 3 rings (SSSR count). The molecule has 0 aliphatic rings. The van der Waals surface area contributed by atoms with E-state index in [0.717, 1.165) is 10.2 Å². The molecule has 3 aromatic rings. The summed E-state index contributed by atoms with van der Waals surface area (Å²) in [6.07, 6.45) is 0. The highest BCUT2D eigenvalue weighted by Crippen LogP contribution is 2.36. The number of hydrogen-bond donors (Lipinski definition) is 2. The molecule has 1 nitrogen and oxygen atoms in total. The van der Waals surface area contributed by atoms with E-state index in [-0.39, 0.29) is 5.75 Å². The minimum atomic E-state index is -0.719. The highest BCUT2D eigenvalue weighted by Gasteiger charge is 2.18. The molecule has 1 N–H and O–H groups in total. The lowest BCUT2D eigenvalue weighted by Crippen LogP contribution is -2.21. The Bertz CT molecular complexity index is 689. The van der Waals surface area contributed by atoms with Gasteiger partial charge in [-0.1, -0.05) is 60.7 Å². The van der Waals surface area contributed by atoms with Crippen molar-refractivity contribution in [3.63, 3.8) is 0 Å². The lowest BCUT2D eigenvalue weighted by molar-refractivity contribution is 0.475. The van der Waals surface area contributed by atoms with Crippen LogP contribution in [0.5, 0.6) is 5.75 Å². The SMILES string of the molecule is Oc1ccc(S)c(P(c2ccccc2)c2ccccc2)c1. The van der Waals surface area contributed by atoms with Crippen molar-refractivity contribution in [1.29, 1.82) is 0 Å². The first-order valence-corrected chi connectivity index (χ1v) is 8.47. The number of rotatable bonds is 3. The first-order chi connectivity index (χ1) is 10.3. The third kappa shape index (κ3) is 3.12. The molecule has 0 radical (unpaired) electrons. The van der Waals surface area contributed by atoms with Crippen LogP contribution < -0.4 is 15.9 Å². The predicted octanol–water partition coefficient (Wildman–Crippen LogP) is 3.44. The predicted molar refractivity (Wildman–Crippen MR) is 94.1 cm³/mol. The first kappa shape index (κ1) is 14.2. The number of benzene rings is 3. The maximum absolute atomic E-state index is 9.86. The molecule has 0 atom stereocenters. The molecule has 0 saturated carbocycles. The number of thiol groups is 1. The van der Waals surface area contributed by atoms with Crippen LogP contribution >= 0.6 is 20.6 Å². The Balaban J connectivity index is 2.20. The van der Waals surface area contributed by atoms with E-state index in [1.807, 2.05) is 24.3 Å². The zero-order chi connectivity index (χ0) is 14.7. The van der Waals surface area contributed by atoms with Crippen molar-refractivity contribution in [2.45, 2.75) is 4.90 Å². The average Bonchev–Trinajstić information content (AvgIpc) is 2.53. The van der Waals surface area contributed by atoms with Gasteiger partial charge >= 0.3 is 0 Å². The van der Waals surface area contributed by atoms with Gasteiger partial charge in [0.05, 0.1) is 0 Å². The van der Waals surface area contributed by atoms with Crippen molar-refractivity contribution in [1.82, 2.24) is 0 Å². The molecular weight excluding hydrogens is 295 g/mol. The highest BCUT2D eigenvalue weighted by molar-refractivity contribution is 7.84. The zero-order valence-corrected chi connectivity index (χ0v) is 13.1. The summed E-state index contributed by atoms with van der Waals surface area (Å²) in [5.41, 5.74) is 0. The molecule has 0 heterocycles. The molecule has 0 aliphatic heterocycles. The Hall–Kier alpha value is -1.76. The highest BCUT2D eigenvalue weighted by atomic mass is 32.1. The van der Waals surface area contributed by atoms with Gasteiger partial charge in [0.25, 0.3) is 0 Å². The van der Waals surface area contributed by atoms with Crippen LogP contribution in [0.4, 0.5) is 0 Å². The number of phenolic OH excluding ortho intramolecular Hbond substituents is 1. The summed E-state index contributed by atoms with van der Waals surface area (Å²) in [4.78, 5) is 0.909. The fourth-order valence-electron chi connectivity index (χ4n) is 2.27. The van der Waals surface area contributed by atoms with Gasteiger partial charge in [-0.3, -0.25) is 0 Å². The van der Waals surface area contributed by atoms with Crippen molar-refractivity contribution in [2.24, 2.45) is 0 Å². The van der Waals surface area contributed by atoms with Crippen LogP contribution in [-0.2, 0) is 0 Å². The van der Waals surface area contributed by atoms with E-state index >= 15 is 0 Å². The molecule has 0 amide bonds. The van der Waals surface area contributed by atoms with Gasteiger partial charge in [0.15, 0.2) is 0 Å². The number of aromatic hydroxyl groups is 1. The standard InChI is InChI=1S/C18H15OPS/c19-14-11-12-18(21)17(13-14)20(15-7-3-1-4-8-15)16-9-5-2-6-10-16/h1-13,19,21H. The summed E-state index contributed by atoms with van der Waals surface area (Å²) < 4.78 is 0. The van der Waals surface area contributed by atoms with Gasteiger partial charge in [0, 0.05) is 10.2 Å². The van der Waals surface area contributed by atoms with Crippen LogP contribution in [0.2, 0.25) is 0 Å². The van der Waals surface area contributed by atoms with Crippen LogP contribution in [0, 0.1) is 0 Å². The van der Waals surface area contributed by atoms with E-state index in [9.17, 15) is 5.11 Å². The fourth-order valence-corrected chi connectivity index (χ4v) is 5.07. The van der Waals surface area contributed by atoms with Crippen molar-refractivity contribution < 1.29 is 5.11 Å². The third-order valence-corrected chi connectivity index (χ3v) is 6.28. The second-order valence-electron chi connectivity index (χ2n) is 4.68.